The zero-order valence-corrected chi connectivity index (χ0v) is 21.3. The first-order valence-corrected chi connectivity index (χ1v) is 13.2. The van der Waals surface area contributed by atoms with Crippen LogP contribution in [0.1, 0.15) is 76.7 Å². The molecule has 0 amide bonds. The summed E-state index contributed by atoms with van der Waals surface area (Å²) in [6.07, 6.45) is 5.10. The Hall–Kier alpha value is -3.13. The van der Waals surface area contributed by atoms with Gasteiger partial charge in [0.15, 0.2) is 5.75 Å². The molecule has 2 aromatic carbocycles. The van der Waals surface area contributed by atoms with Gasteiger partial charge in [-0.25, -0.2) is 4.79 Å². The highest BCUT2D eigenvalue weighted by Gasteiger charge is 2.37. The summed E-state index contributed by atoms with van der Waals surface area (Å²) in [5, 5.41) is 0. The van der Waals surface area contributed by atoms with E-state index in [1.807, 2.05) is 20.8 Å². The van der Waals surface area contributed by atoms with E-state index in [4.69, 9.17) is 13.7 Å². The van der Waals surface area contributed by atoms with Crippen molar-refractivity contribution in [3.8, 4) is 5.75 Å². The number of hydrogen-bond acceptors (Lipinski definition) is 7. The molecule has 0 fully saturated rings. The van der Waals surface area contributed by atoms with Gasteiger partial charge in [-0.05, 0) is 62.8 Å². The molecule has 0 aromatic heterocycles. The van der Waals surface area contributed by atoms with E-state index < -0.39 is 16.1 Å². The molecule has 1 aliphatic carbocycles. The minimum absolute atomic E-state index is 0.0218. The molecule has 0 saturated carbocycles. The van der Waals surface area contributed by atoms with Gasteiger partial charge in [0.25, 0.3) is 0 Å². The second-order valence-electron chi connectivity index (χ2n) is 9.03. The minimum atomic E-state index is -4.19. The average molecular weight is 499 g/mol. The molecule has 4 rings (SSSR count). The molecule has 0 saturated heterocycles. The smallest absolute Gasteiger partial charge is 0.342 e. The highest BCUT2D eigenvalue weighted by atomic mass is 32.2. The monoisotopic (exact) mass is 498 g/mol. The van der Waals surface area contributed by atoms with Crippen LogP contribution in [0.15, 0.2) is 40.8 Å². The van der Waals surface area contributed by atoms with Gasteiger partial charge in [0.2, 0.25) is 0 Å². The number of esters is 2. The summed E-state index contributed by atoms with van der Waals surface area (Å²) < 4.78 is 42.5. The van der Waals surface area contributed by atoms with Crippen LogP contribution in [-0.2, 0) is 37.4 Å². The fraction of sp³-hybridized carbons (Fsp3) is 0.407. The molecule has 0 N–H and O–H groups in total. The number of rotatable bonds is 8. The van der Waals surface area contributed by atoms with Gasteiger partial charge in [0.05, 0.1) is 7.11 Å². The third-order valence-corrected chi connectivity index (χ3v) is 8.11. The number of allylic oxidation sites excluding steroid dienone is 2. The van der Waals surface area contributed by atoms with Crippen molar-refractivity contribution in [2.24, 2.45) is 0 Å². The van der Waals surface area contributed by atoms with E-state index in [0.29, 0.717) is 24.0 Å². The number of ether oxygens (including phenoxy) is 2. The van der Waals surface area contributed by atoms with Crippen LogP contribution in [0.4, 0.5) is 0 Å². The number of methoxy groups -OCH3 is 1. The van der Waals surface area contributed by atoms with Crippen LogP contribution in [-0.4, -0.2) is 27.5 Å². The fourth-order valence-electron chi connectivity index (χ4n) is 4.98. The Morgan fingerprint density at radius 1 is 1.17 bits per heavy atom. The largest absolute Gasteiger partial charge is 0.469 e. The number of aryl methyl sites for hydroxylation is 1. The molecule has 0 radical (unpaired) electrons. The van der Waals surface area contributed by atoms with Crippen LogP contribution in [0.3, 0.4) is 0 Å². The van der Waals surface area contributed by atoms with E-state index in [9.17, 15) is 18.0 Å². The predicted octanol–water partition coefficient (Wildman–Crippen LogP) is 5.06. The zero-order chi connectivity index (χ0) is 25.3. The van der Waals surface area contributed by atoms with Gasteiger partial charge in [-0.1, -0.05) is 36.3 Å². The fourth-order valence-corrected chi connectivity index (χ4v) is 5.93. The van der Waals surface area contributed by atoms with Gasteiger partial charge < -0.3 is 13.7 Å². The lowest BCUT2D eigenvalue weighted by Gasteiger charge is -2.23. The van der Waals surface area contributed by atoms with Crippen molar-refractivity contribution in [3.63, 3.8) is 0 Å². The van der Waals surface area contributed by atoms with Gasteiger partial charge >= 0.3 is 22.1 Å². The van der Waals surface area contributed by atoms with Crippen molar-refractivity contribution in [1.82, 2.24) is 0 Å². The van der Waals surface area contributed by atoms with Gasteiger partial charge in [0, 0.05) is 23.5 Å². The van der Waals surface area contributed by atoms with Gasteiger partial charge in [-0.2, -0.15) is 8.42 Å². The molecular weight excluding hydrogens is 468 g/mol. The molecule has 186 valence electrons. The number of cyclic esters (lactones) is 1. The van der Waals surface area contributed by atoms with Crippen molar-refractivity contribution in [2.45, 2.75) is 70.3 Å². The van der Waals surface area contributed by atoms with Crippen molar-refractivity contribution < 1.29 is 31.7 Å². The summed E-state index contributed by atoms with van der Waals surface area (Å²) in [5.74, 6) is -0.916. The van der Waals surface area contributed by atoms with E-state index in [-0.39, 0.29) is 41.1 Å². The summed E-state index contributed by atoms with van der Waals surface area (Å²) in [6.45, 7) is 5.91. The van der Waals surface area contributed by atoms with E-state index in [0.717, 1.165) is 35.1 Å². The topological polar surface area (TPSA) is 96.0 Å². The lowest BCUT2D eigenvalue weighted by molar-refractivity contribution is -0.140. The molecule has 2 aromatic rings. The SMILES string of the molecule is CCc1c(C)c2c(c(OS(=O)(=O)c3ccc(C)cc3)c1C1C=C(CCC(=O)OC)CC1)C(=O)OC2. The van der Waals surface area contributed by atoms with Crippen LogP contribution >= 0.6 is 0 Å². The number of carbonyl (C=O) groups excluding carboxylic acids is 2. The molecule has 1 atom stereocenters. The zero-order valence-electron chi connectivity index (χ0n) is 20.5. The molecular formula is C27H30O7S. The third kappa shape index (κ3) is 4.85. The molecule has 1 unspecified atom stereocenters. The van der Waals surface area contributed by atoms with Crippen molar-refractivity contribution in [3.05, 3.63) is 69.3 Å². The Bertz CT molecular complexity index is 1300. The van der Waals surface area contributed by atoms with Crippen LogP contribution in [0.5, 0.6) is 5.75 Å². The Morgan fingerprint density at radius 3 is 2.54 bits per heavy atom. The minimum Gasteiger partial charge on any atom is -0.469 e. The van der Waals surface area contributed by atoms with E-state index in [1.165, 1.54) is 19.2 Å². The van der Waals surface area contributed by atoms with Crippen molar-refractivity contribution >= 4 is 22.1 Å². The molecule has 1 heterocycles. The first-order chi connectivity index (χ1) is 16.7. The van der Waals surface area contributed by atoms with Crippen molar-refractivity contribution in [1.29, 1.82) is 0 Å². The molecule has 35 heavy (non-hydrogen) atoms. The van der Waals surface area contributed by atoms with E-state index in [1.54, 1.807) is 12.1 Å². The second kappa shape index (κ2) is 9.85. The highest BCUT2D eigenvalue weighted by molar-refractivity contribution is 7.87. The second-order valence-corrected chi connectivity index (χ2v) is 10.6. The maximum absolute atomic E-state index is 13.3. The first kappa shape index (κ1) is 25.0. The van der Waals surface area contributed by atoms with Gasteiger partial charge in [0.1, 0.15) is 17.1 Å². The van der Waals surface area contributed by atoms with Crippen LogP contribution < -0.4 is 4.18 Å². The number of benzene rings is 2. The molecule has 2 aliphatic rings. The highest BCUT2D eigenvalue weighted by Crippen LogP contribution is 2.47. The molecule has 0 bridgehead atoms. The molecule has 8 heteroatoms. The standard InChI is InChI=1S/C27H30O7S/c1-5-21-17(3)22-15-33-27(29)25(22)26(34-35(30,31)20-11-6-16(2)7-12-20)24(21)19-10-8-18(14-19)9-13-23(28)32-4/h6-7,11-12,14,19H,5,8-10,13,15H2,1-4H3. The predicted molar refractivity (Wildman–Crippen MR) is 130 cm³/mol. The maximum atomic E-state index is 13.3. The third-order valence-electron chi connectivity index (χ3n) is 6.87. The summed E-state index contributed by atoms with van der Waals surface area (Å²) in [6, 6.07) is 6.40. The van der Waals surface area contributed by atoms with Crippen LogP contribution in [0, 0.1) is 13.8 Å². The molecule has 1 aliphatic heterocycles. The summed E-state index contributed by atoms with van der Waals surface area (Å²) >= 11 is 0. The Morgan fingerprint density at radius 2 is 1.89 bits per heavy atom. The molecule has 0 spiro atoms. The Labute approximate surface area is 206 Å². The summed E-state index contributed by atoms with van der Waals surface area (Å²) in [4.78, 5) is 24.4. The first-order valence-electron chi connectivity index (χ1n) is 11.8. The van der Waals surface area contributed by atoms with E-state index >= 15 is 0 Å². The van der Waals surface area contributed by atoms with Gasteiger partial charge in [-0.3, -0.25) is 4.79 Å². The average Bonchev–Trinajstić information content (AvgIpc) is 3.46. The number of hydrogen-bond donors (Lipinski definition) is 0. The van der Waals surface area contributed by atoms with E-state index in [2.05, 4.69) is 6.08 Å². The molecule has 7 nitrogen and oxygen atoms in total. The lowest BCUT2D eigenvalue weighted by Crippen LogP contribution is -2.17. The lowest BCUT2D eigenvalue weighted by atomic mass is 9.84. The number of carbonyl (C=O) groups is 2. The van der Waals surface area contributed by atoms with Crippen LogP contribution in [0.25, 0.3) is 0 Å². The summed E-state index contributed by atoms with van der Waals surface area (Å²) in [7, 11) is -2.83. The maximum Gasteiger partial charge on any atom is 0.342 e. The van der Waals surface area contributed by atoms with Crippen molar-refractivity contribution in [2.75, 3.05) is 7.11 Å². The van der Waals surface area contributed by atoms with Crippen LogP contribution in [0.2, 0.25) is 0 Å². The number of fused-ring (bicyclic) bond motifs is 1. The quantitative estimate of drug-likeness (QED) is 0.285. The Balaban J connectivity index is 1.83. The van der Waals surface area contributed by atoms with Gasteiger partial charge in [-0.15, -0.1) is 0 Å². The Kier molecular flexibility index (Phi) is 7.03. The summed E-state index contributed by atoms with van der Waals surface area (Å²) in [5.41, 5.74) is 5.51. The normalized spacial score (nSPS) is 17.1.